The molecule has 6 nitrogen and oxygen atoms in total. The molecule has 0 bridgehead atoms. The smallest absolute Gasteiger partial charge is 0.331 e. The van der Waals surface area contributed by atoms with Crippen LogP contribution in [0.3, 0.4) is 0 Å². The molecular formula is C23H32O6. The molecule has 0 unspecified atom stereocenters. The summed E-state index contributed by atoms with van der Waals surface area (Å²) >= 11 is 0. The molecule has 0 aromatic heterocycles. The van der Waals surface area contributed by atoms with Gasteiger partial charge < -0.3 is 24.9 Å². The molecule has 29 heavy (non-hydrogen) atoms. The molecule has 3 N–H and O–H groups in total. The summed E-state index contributed by atoms with van der Waals surface area (Å²) in [5.74, 6) is -0.304. The van der Waals surface area contributed by atoms with Crippen molar-refractivity contribution in [3.63, 3.8) is 0 Å². The van der Waals surface area contributed by atoms with Crippen molar-refractivity contribution in [3.8, 4) is 0 Å². The summed E-state index contributed by atoms with van der Waals surface area (Å²) in [6, 6.07) is 0. The molecular weight excluding hydrogens is 372 g/mol. The lowest BCUT2D eigenvalue weighted by Crippen LogP contribution is -2.68. The molecule has 0 aromatic rings. The van der Waals surface area contributed by atoms with E-state index >= 15 is 0 Å². The van der Waals surface area contributed by atoms with Crippen molar-refractivity contribution in [1.29, 1.82) is 0 Å². The Bertz CT molecular complexity index is 777. The number of aliphatic hydroxyl groups is 3. The van der Waals surface area contributed by atoms with Crippen LogP contribution in [0.4, 0.5) is 0 Å². The SMILES string of the molecule is C[C@]12CC[C@H]3[C@@H](CC[C@@]4(O)C[C@H](O)CC[C@]34C=O)[C@]1(O)CC[C@@H]2C1=CC(=O)OC1. The van der Waals surface area contributed by atoms with Crippen LogP contribution < -0.4 is 0 Å². The fourth-order valence-corrected chi connectivity index (χ4v) is 8.34. The number of hydrogen-bond acceptors (Lipinski definition) is 6. The highest BCUT2D eigenvalue weighted by molar-refractivity contribution is 5.85. The summed E-state index contributed by atoms with van der Waals surface area (Å²) < 4.78 is 5.15. The highest BCUT2D eigenvalue weighted by Gasteiger charge is 2.71. The van der Waals surface area contributed by atoms with Gasteiger partial charge in [0.25, 0.3) is 0 Å². The second kappa shape index (κ2) is 6.14. The number of cyclic esters (lactones) is 1. The first-order valence-electron chi connectivity index (χ1n) is 11.2. The van der Waals surface area contributed by atoms with Gasteiger partial charge in [0, 0.05) is 17.9 Å². The molecule has 160 valence electrons. The van der Waals surface area contributed by atoms with Gasteiger partial charge in [0.1, 0.15) is 12.9 Å². The average molecular weight is 405 g/mol. The van der Waals surface area contributed by atoms with Crippen LogP contribution in [0.25, 0.3) is 0 Å². The Balaban J connectivity index is 1.52. The van der Waals surface area contributed by atoms with Crippen LogP contribution in [-0.2, 0) is 14.3 Å². The fourth-order valence-electron chi connectivity index (χ4n) is 8.34. The minimum absolute atomic E-state index is 0.0504. The molecule has 0 saturated heterocycles. The van der Waals surface area contributed by atoms with E-state index in [1.165, 1.54) is 0 Å². The number of carbonyl (C=O) groups excluding carboxylic acids is 2. The largest absolute Gasteiger partial charge is 0.458 e. The molecule has 1 heterocycles. The number of hydrogen-bond donors (Lipinski definition) is 3. The van der Waals surface area contributed by atoms with E-state index in [1.807, 2.05) is 0 Å². The number of esters is 1. The lowest BCUT2D eigenvalue weighted by atomic mass is 9.41. The highest BCUT2D eigenvalue weighted by Crippen LogP contribution is 2.70. The molecule has 0 aromatic carbocycles. The van der Waals surface area contributed by atoms with Crippen molar-refractivity contribution < 1.29 is 29.6 Å². The molecule has 0 radical (unpaired) electrons. The zero-order valence-corrected chi connectivity index (χ0v) is 17.1. The lowest BCUT2D eigenvalue weighted by Gasteiger charge is -2.65. The molecule has 4 fully saturated rings. The normalized spacial score (nSPS) is 54.1. The van der Waals surface area contributed by atoms with E-state index < -0.39 is 22.7 Å². The van der Waals surface area contributed by atoms with Crippen LogP contribution in [0.2, 0.25) is 0 Å². The summed E-state index contributed by atoms with van der Waals surface area (Å²) in [5.41, 5.74) is -2.34. The third kappa shape index (κ3) is 2.34. The van der Waals surface area contributed by atoms with Crippen LogP contribution in [0.1, 0.15) is 64.7 Å². The predicted octanol–water partition coefficient (Wildman–Crippen LogP) is 1.90. The second-order valence-corrected chi connectivity index (χ2v) is 10.6. The van der Waals surface area contributed by atoms with Gasteiger partial charge in [-0.15, -0.1) is 0 Å². The van der Waals surface area contributed by atoms with Gasteiger partial charge in [0.2, 0.25) is 0 Å². The molecule has 0 amide bonds. The number of rotatable bonds is 2. The quantitative estimate of drug-likeness (QED) is 0.480. The maximum absolute atomic E-state index is 12.5. The fraction of sp³-hybridized carbons (Fsp3) is 0.826. The Labute approximate surface area is 171 Å². The maximum Gasteiger partial charge on any atom is 0.331 e. The van der Waals surface area contributed by atoms with Crippen molar-refractivity contribution in [2.45, 2.75) is 82.0 Å². The highest BCUT2D eigenvalue weighted by atomic mass is 16.5. The molecule has 4 aliphatic carbocycles. The molecule has 5 aliphatic rings. The van der Waals surface area contributed by atoms with E-state index in [2.05, 4.69) is 6.92 Å². The third-order valence-corrected chi connectivity index (χ3v) is 9.85. The maximum atomic E-state index is 12.5. The number of fused-ring (bicyclic) bond motifs is 5. The summed E-state index contributed by atoms with van der Waals surface area (Å²) in [6.45, 7) is 2.46. The van der Waals surface area contributed by atoms with Crippen LogP contribution in [0.15, 0.2) is 11.6 Å². The minimum Gasteiger partial charge on any atom is -0.458 e. The van der Waals surface area contributed by atoms with E-state index in [9.17, 15) is 24.9 Å². The molecule has 8 atom stereocenters. The Morgan fingerprint density at radius 1 is 1.07 bits per heavy atom. The van der Waals surface area contributed by atoms with Crippen molar-refractivity contribution >= 4 is 12.3 Å². The first-order chi connectivity index (χ1) is 13.7. The van der Waals surface area contributed by atoms with E-state index in [1.54, 1.807) is 6.08 Å². The van der Waals surface area contributed by atoms with Crippen LogP contribution >= 0.6 is 0 Å². The first kappa shape index (κ1) is 19.7. The predicted molar refractivity (Wildman–Crippen MR) is 104 cm³/mol. The van der Waals surface area contributed by atoms with E-state index in [0.29, 0.717) is 38.7 Å². The monoisotopic (exact) mass is 404 g/mol. The molecule has 4 saturated carbocycles. The Morgan fingerprint density at radius 3 is 2.52 bits per heavy atom. The van der Waals surface area contributed by atoms with Crippen molar-refractivity contribution in [3.05, 3.63) is 11.6 Å². The van der Waals surface area contributed by atoms with Crippen molar-refractivity contribution in [2.24, 2.45) is 28.6 Å². The van der Waals surface area contributed by atoms with E-state index in [0.717, 1.165) is 31.1 Å². The van der Waals surface area contributed by atoms with Gasteiger partial charge in [-0.05, 0) is 74.7 Å². The standard InChI is InChI=1S/C23H32O6/c1-20-6-3-17-18(4-8-22(27)11-15(25)2-7-21(17,22)13-24)23(20,28)9-5-16(20)14-10-19(26)29-12-14/h10,13,15-18,25,27-28H,2-9,11-12H2,1H3/t15-,16-,17+,18-,20-,21+,22-,23-/m1/s1. The van der Waals surface area contributed by atoms with Gasteiger partial charge >= 0.3 is 5.97 Å². The van der Waals surface area contributed by atoms with Gasteiger partial charge in [-0.25, -0.2) is 4.79 Å². The summed E-state index contributed by atoms with van der Waals surface area (Å²) in [5, 5.41) is 33.7. The zero-order valence-electron chi connectivity index (χ0n) is 17.1. The molecule has 6 heteroatoms. The van der Waals surface area contributed by atoms with Gasteiger partial charge in [0.15, 0.2) is 0 Å². The third-order valence-electron chi connectivity index (χ3n) is 9.85. The lowest BCUT2D eigenvalue weighted by molar-refractivity contribution is -0.248. The van der Waals surface area contributed by atoms with Gasteiger partial charge in [-0.2, -0.15) is 0 Å². The van der Waals surface area contributed by atoms with E-state index in [-0.39, 0.29) is 35.6 Å². The molecule has 0 spiro atoms. The topological polar surface area (TPSA) is 104 Å². The Kier molecular flexibility index (Phi) is 4.18. The van der Waals surface area contributed by atoms with Crippen molar-refractivity contribution in [2.75, 3.05) is 6.61 Å². The minimum atomic E-state index is -1.18. The van der Waals surface area contributed by atoms with Crippen LogP contribution in [0.5, 0.6) is 0 Å². The average Bonchev–Trinajstić information content (AvgIpc) is 3.21. The van der Waals surface area contributed by atoms with Gasteiger partial charge in [-0.1, -0.05) is 6.92 Å². The second-order valence-electron chi connectivity index (χ2n) is 10.6. The number of carbonyl (C=O) groups is 2. The van der Waals surface area contributed by atoms with Gasteiger partial charge in [0.05, 0.1) is 22.7 Å². The van der Waals surface area contributed by atoms with Crippen LogP contribution in [-0.4, -0.2) is 51.5 Å². The Hall–Kier alpha value is -1.24. The van der Waals surface area contributed by atoms with Crippen LogP contribution in [0, 0.1) is 28.6 Å². The number of aliphatic hydroxyl groups excluding tert-OH is 1. The van der Waals surface area contributed by atoms with E-state index in [4.69, 9.17) is 4.74 Å². The number of aldehydes is 1. The summed E-state index contributed by atoms with van der Waals surface area (Å²) in [7, 11) is 0. The van der Waals surface area contributed by atoms with Crippen molar-refractivity contribution in [1.82, 2.24) is 0 Å². The zero-order chi connectivity index (χ0) is 20.7. The molecule has 5 rings (SSSR count). The Morgan fingerprint density at radius 2 is 1.83 bits per heavy atom. The summed E-state index contributed by atoms with van der Waals surface area (Å²) in [6.07, 6.45) is 7.36. The molecule has 1 aliphatic heterocycles. The van der Waals surface area contributed by atoms with Gasteiger partial charge in [-0.3, -0.25) is 0 Å². The summed E-state index contributed by atoms with van der Waals surface area (Å²) in [4.78, 5) is 24.1. The number of ether oxygens (including phenoxy) is 1. The first-order valence-corrected chi connectivity index (χ1v) is 11.2.